The van der Waals surface area contributed by atoms with Crippen LogP contribution in [0.15, 0.2) is 0 Å². The second-order valence-electron chi connectivity index (χ2n) is 5.63. The summed E-state index contributed by atoms with van der Waals surface area (Å²) in [5.41, 5.74) is 0. The first kappa shape index (κ1) is 17.0. The lowest BCUT2D eigenvalue weighted by atomic mass is 10.1. The van der Waals surface area contributed by atoms with Crippen LogP contribution in [0.1, 0.15) is 71.1 Å². The molecule has 1 aliphatic heterocycles. The highest BCUT2D eigenvalue weighted by Gasteiger charge is 2.30. The minimum absolute atomic E-state index is 0.140. The number of carbonyl (C=O) groups is 1. The molecule has 1 aliphatic rings. The van der Waals surface area contributed by atoms with Crippen LogP contribution in [0.3, 0.4) is 0 Å². The van der Waals surface area contributed by atoms with E-state index in [1.807, 2.05) is 4.58 Å². The van der Waals surface area contributed by atoms with Gasteiger partial charge in [-0.3, -0.25) is 0 Å². The van der Waals surface area contributed by atoms with Gasteiger partial charge in [0.05, 0.1) is 0 Å². The lowest BCUT2D eigenvalue weighted by Crippen LogP contribution is -2.24. The van der Waals surface area contributed by atoms with Crippen molar-refractivity contribution in [3.8, 4) is 0 Å². The zero-order chi connectivity index (χ0) is 14.6. The average Bonchev–Trinajstić information content (AvgIpc) is 2.89. The number of carboxylic acids is 1. The maximum atomic E-state index is 10.9. The molecule has 0 bridgehead atoms. The van der Waals surface area contributed by atoms with Gasteiger partial charge in [0.2, 0.25) is 0 Å². The van der Waals surface area contributed by atoms with E-state index >= 15 is 0 Å². The van der Waals surface area contributed by atoms with Gasteiger partial charge >= 0.3 is 11.9 Å². The largest absolute Gasteiger partial charge is 0.471 e. The van der Waals surface area contributed by atoms with E-state index in [0.717, 1.165) is 19.5 Å². The smallest absolute Gasteiger partial charge is 0.450 e. The summed E-state index contributed by atoms with van der Waals surface area (Å²) in [5, 5.41) is 8.94. The van der Waals surface area contributed by atoms with Gasteiger partial charge in [0.1, 0.15) is 6.54 Å². The Labute approximate surface area is 122 Å². The number of rotatable bonds is 12. The first-order valence-corrected chi connectivity index (χ1v) is 8.23. The Morgan fingerprint density at radius 1 is 1.05 bits per heavy atom. The van der Waals surface area contributed by atoms with Crippen LogP contribution in [-0.2, 0) is 9.53 Å². The van der Waals surface area contributed by atoms with Crippen molar-refractivity contribution in [2.45, 2.75) is 71.1 Å². The Kier molecular flexibility index (Phi) is 9.09. The van der Waals surface area contributed by atoms with Gasteiger partial charge in [-0.2, -0.15) is 4.58 Å². The molecule has 4 nitrogen and oxygen atoms in total. The number of aliphatic carboxylic acids is 1. The number of hydrogen-bond donors (Lipinski definition) is 1. The summed E-state index contributed by atoms with van der Waals surface area (Å²) in [6.07, 6.45) is 13.0. The van der Waals surface area contributed by atoms with Gasteiger partial charge in [0.15, 0.2) is 13.2 Å². The predicted octanol–water partition coefficient (Wildman–Crippen LogP) is 3.43. The van der Waals surface area contributed by atoms with Gasteiger partial charge in [-0.25, -0.2) is 4.79 Å². The third kappa shape index (κ3) is 6.92. The summed E-state index contributed by atoms with van der Waals surface area (Å²) < 4.78 is 6.97. The third-order valence-electron chi connectivity index (χ3n) is 3.85. The van der Waals surface area contributed by atoms with Crippen LogP contribution in [0.5, 0.6) is 0 Å². The molecule has 0 amide bonds. The summed E-state index contributed by atoms with van der Waals surface area (Å²) in [6.45, 7) is 4.30. The zero-order valence-electron chi connectivity index (χ0n) is 12.9. The number of carboxylic acid groups (broad SMARTS) is 1. The molecule has 0 unspecified atom stereocenters. The second-order valence-corrected chi connectivity index (χ2v) is 5.63. The highest BCUT2D eigenvalue weighted by atomic mass is 16.5. The number of nitrogens with zero attached hydrogens (tertiary/aromatic N) is 1. The summed E-state index contributed by atoms with van der Waals surface area (Å²) in [4.78, 5) is 10.9. The molecule has 1 heterocycles. The molecular weight excluding hydrogens is 254 g/mol. The van der Waals surface area contributed by atoms with E-state index in [1.54, 1.807) is 0 Å². The van der Waals surface area contributed by atoms with E-state index in [9.17, 15) is 4.79 Å². The van der Waals surface area contributed by atoms with Crippen LogP contribution in [0.25, 0.3) is 0 Å². The molecule has 1 rings (SSSR count). The monoisotopic (exact) mass is 284 g/mol. The average molecular weight is 284 g/mol. The van der Waals surface area contributed by atoms with Crippen molar-refractivity contribution in [3.63, 3.8) is 0 Å². The summed E-state index contributed by atoms with van der Waals surface area (Å²) in [6, 6.07) is 0. The van der Waals surface area contributed by atoms with Gasteiger partial charge in [0, 0.05) is 6.42 Å². The predicted molar refractivity (Wildman–Crippen MR) is 80.4 cm³/mol. The van der Waals surface area contributed by atoms with E-state index in [1.165, 1.54) is 57.8 Å². The molecule has 0 saturated carbocycles. The van der Waals surface area contributed by atoms with Gasteiger partial charge in [-0.15, -0.1) is 0 Å². The second kappa shape index (κ2) is 10.7. The van der Waals surface area contributed by atoms with Gasteiger partial charge < -0.3 is 9.84 Å². The zero-order valence-corrected chi connectivity index (χ0v) is 12.9. The Bertz CT molecular complexity index is 313. The first-order valence-electron chi connectivity index (χ1n) is 8.23. The van der Waals surface area contributed by atoms with Crippen LogP contribution >= 0.6 is 0 Å². The van der Waals surface area contributed by atoms with E-state index < -0.39 is 5.97 Å². The van der Waals surface area contributed by atoms with Crippen LogP contribution in [0.4, 0.5) is 0 Å². The molecule has 0 aliphatic carbocycles. The SMILES string of the molecule is CCCCCCCCCCCC[N+]1=C(C(=O)O)OCC1. The minimum atomic E-state index is -0.936. The molecule has 0 fully saturated rings. The number of ether oxygens (including phenoxy) is 1. The van der Waals surface area contributed by atoms with Crippen molar-refractivity contribution in [3.05, 3.63) is 0 Å². The van der Waals surface area contributed by atoms with E-state index in [-0.39, 0.29) is 5.90 Å². The van der Waals surface area contributed by atoms with Crippen molar-refractivity contribution in [1.82, 2.24) is 0 Å². The maximum Gasteiger partial charge on any atom is 0.450 e. The fourth-order valence-electron chi connectivity index (χ4n) is 2.65. The molecule has 0 aromatic heterocycles. The standard InChI is InChI=1S/C16H29NO3/c1-2-3-4-5-6-7-8-9-10-11-12-17-13-14-20-15(17)16(18)19/h2-14H2,1H3/p+1. The minimum Gasteiger partial charge on any atom is -0.471 e. The highest BCUT2D eigenvalue weighted by Crippen LogP contribution is 2.10. The summed E-state index contributed by atoms with van der Waals surface area (Å²) in [7, 11) is 0. The van der Waals surface area contributed by atoms with Gasteiger partial charge in [-0.1, -0.05) is 58.3 Å². The molecule has 0 atom stereocenters. The van der Waals surface area contributed by atoms with Crippen molar-refractivity contribution in [2.75, 3.05) is 19.7 Å². The molecule has 0 aromatic rings. The normalized spacial score (nSPS) is 14.7. The Hall–Kier alpha value is -1.06. The molecule has 0 saturated heterocycles. The number of hydrogen-bond acceptors (Lipinski definition) is 2. The lowest BCUT2D eigenvalue weighted by molar-refractivity contribution is -0.518. The third-order valence-corrected chi connectivity index (χ3v) is 3.85. The van der Waals surface area contributed by atoms with Crippen molar-refractivity contribution < 1.29 is 19.2 Å². The van der Waals surface area contributed by atoms with Crippen molar-refractivity contribution >= 4 is 11.9 Å². The van der Waals surface area contributed by atoms with E-state index in [0.29, 0.717) is 6.61 Å². The highest BCUT2D eigenvalue weighted by molar-refractivity contribution is 6.29. The Balaban J connectivity index is 1.95. The molecule has 0 spiro atoms. The maximum absolute atomic E-state index is 10.9. The summed E-state index contributed by atoms with van der Waals surface area (Å²) >= 11 is 0. The molecule has 0 aromatic carbocycles. The van der Waals surface area contributed by atoms with Crippen LogP contribution in [-0.4, -0.2) is 41.2 Å². The molecule has 116 valence electrons. The van der Waals surface area contributed by atoms with Gasteiger partial charge in [0.25, 0.3) is 0 Å². The van der Waals surface area contributed by atoms with Crippen LogP contribution in [0.2, 0.25) is 0 Å². The quantitative estimate of drug-likeness (QED) is 0.441. The Morgan fingerprint density at radius 2 is 1.60 bits per heavy atom. The first-order chi connectivity index (χ1) is 9.75. The van der Waals surface area contributed by atoms with Crippen LogP contribution in [0, 0.1) is 0 Å². The van der Waals surface area contributed by atoms with E-state index in [2.05, 4.69) is 6.92 Å². The summed E-state index contributed by atoms with van der Waals surface area (Å²) in [5.74, 6) is -0.796. The van der Waals surface area contributed by atoms with Crippen molar-refractivity contribution in [2.24, 2.45) is 0 Å². The number of unbranched alkanes of at least 4 members (excludes halogenated alkanes) is 9. The molecule has 1 N–H and O–H groups in total. The molecule has 20 heavy (non-hydrogen) atoms. The van der Waals surface area contributed by atoms with Gasteiger partial charge in [-0.05, 0) is 6.42 Å². The fourth-order valence-corrected chi connectivity index (χ4v) is 2.65. The topological polar surface area (TPSA) is 49.5 Å². The molecular formula is C16H30NO3+. The fraction of sp³-hybridized carbons (Fsp3) is 0.875. The lowest BCUT2D eigenvalue weighted by Gasteiger charge is -2.01. The van der Waals surface area contributed by atoms with Crippen molar-refractivity contribution in [1.29, 1.82) is 0 Å². The Morgan fingerprint density at radius 3 is 2.15 bits per heavy atom. The van der Waals surface area contributed by atoms with Crippen LogP contribution < -0.4 is 0 Å². The van der Waals surface area contributed by atoms with E-state index in [4.69, 9.17) is 9.84 Å². The molecule has 4 heteroatoms. The molecule has 0 radical (unpaired) electrons.